The number of benzene rings is 1. The van der Waals surface area contributed by atoms with E-state index in [0.29, 0.717) is 11.1 Å². The molecule has 1 fully saturated rings. The number of hydrogen-bond acceptors (Lipinski definition) is 1. The third-order valence-corrected chi connectivity index (χ3v) is 4.43. The van der Waals surface area contributed by atoms with Crippen LogP contribution in [-0.2, 0) is 6.42 Å². The van der Waals surface area contributed by atoms with E-state index in [-0.39, 0.29) is 11.2 Å². The summed E-state index contributed by atoms with van der Waals surface area (Å²) in [4.78, 5) is 0. The highest BCUT2D eigenvalue weighted by atomic mass is 35.5. The Morgan fingerprint density at radius 3 is 2.78 bits per heavy atom. The molecule has 1 N–H and O–H groups in total. The van der Waals surface area contributed by atoms with Crippen LogP contribution in [0.1, 0.15) is 38.7 Å². The maximum absolute atomic E-state index is 13.3. The van der Waals surface area contributed by atoms with Crippen molar-refractivity contribution in [1.29, 1.82) is 0 Å². The van der Waals surface area contributed by atoms with Crippen LogP contribution in [0.3, 0.4) is 0 Å². The highest BCUT2D eigenvalue weighted by molar-refractivity contribution is 6.31. The lowest BCUT2D eigenvalue weighted by molar-refractivity contribution is 0.350. The van der Waals surface area contributed by atoms with Crippen LogP contribution in [0.2, 0.25) is 5.02 Å². The van der Waals surface area contributed by atoms with Gasteiger partial charge in [0.25, 0.3) is 0 Å². The van der Waals surface area contributed by atoms with Gasteiger partial charge >= 0.3 is 0 Å². The quantitative estimate of drug-likeness (QED) is 0.817. The predicted octanol–water partition coefficient (Wildman–Crippen LogP) is 4.19. The lowest BCUT2D eigenvalue weighted by Crippen LogP contribution is -2.36. The highest BCUT2D eigenvalue weighted by Gasteiger charge is 2.47. The number of nitrogens with one attached hydrogen (secondary N) is 1. The third kappa shape index (κ3) is 3.04. The first-order valence-electron chi connectivity index (χ1n) is 6.75. The minimum absolute atomic E-state index is 0.195. The van der Waals surface area contributed by atoms with Crippen LogP contribution in [0.4, 0.5) is 4.39 Å². The van der Waals surface area contributed by atoms with Crippen LogP contribution in [0.25, 0.3) is 0 Å². The van der Waals surface area contributed by atoms with Crippen molar-refractivity contribution in [3.05, 3.63) is 34.6 Å². The second-order valence-corrected chi connectivity index (χ2v) is 5.86. The molecular formula is C15H21ClFN. The fraction of sp³-hybridized carbons (Fsp3) is 0.600. The van der Waals surface area contributed by atoms with E-state index in [1.165, 1.54) is 18.9 Å². The minimum Gasteiger partial charge on any atom is -0.314 e. The Balaban J connectivity index is 2.06. The molecule has 0 amide bonds. The molecule has 0 heterocycles. The lowest BCUT2D eigenvalue weighted by atomic mass is 9.89. The zero-order valence-electron chi connectivity index (χ0n) is 11.1. The first-order chi connectivity index (χ1) is 8.57. The van der Waals surface area contributed by atoms with Gasteiger partial charge in [-0.15, -0.1) is 0 Å². The summed E-state index contributed by atoms with van der Waals surface area (Å²) in [6.07, 6.45) is 4.43. The van der Waals surface area contributed by atoms with Crippen LogP contribution in [0.15, 0.2) is 18.2 Å². The molecule has 0 aliphatic heterocycles. The highest BCUT2D eigenvalue weighted by Crippen LogP contribution is 2.51. The van der Waals surface area contributed by atoms with Crippen molar-refractivity contribution in [3.8, 4) is 0 Å². The van der Waals surface area contributed by atoms with Crippen molar-refractivity contribution in [1.82, 2.24) is 5.32 Å². The maximum atomic E-state index is 13.3. The number of halogens is 2. The number of hydrogen-bond donors (Lipinski definition) is 1. The molecule has 0 aromatic heterocycles. The second-order valence-electron chi connectivity index (χ2n) is 5.45. The molecule has 1 aliphatic carbocycles. The van der Waals surface area contributed by atoms with E-state index < -0.39 is 0 Å². The van der Waals surface area contributed by atoms with E-state index >= 15 is 0 Å². The molecule has 0 bridgehead atoms. The Morgan fingerprint density at radius 1 is 1.44 bits per heavy atom. The summed E-state index contributed by atoms with van der Waals surface area (Å²) in [5.74, 6) is -0.195. The fourth-order valence-electron chi connectivity index (χ4n) is 2.56. The van der Waals surface area contributed by atoms with Crippen LogP contribution in [-0.4, -0.2) is 12.6 Å². The fourth-order valence-corrected chi connectivity index (χ4v) is 2.74. The summed E-state index contributed by atoms with van der Waals surface area (Å²) in [5, 5.41) is 4.24. The smallest absolute Gasteiger partial charge is 0.123 e. The zero-order valence-corrected chi connectivity index (χ0v) is 11.9. The third-order valence-electron chi connectivity index (χ3n) is 4.06. The Bertz CT molecular complexity index is 415. The second kappa shape index (κ2) is 5.58. The summed E-state index contributed by atoms with van der Waals surface area (Å²) >= 11 is 6.15. The molecule has 1 aromatic rings. The molecule has 1 saturated carbocycles. The molecule has 1 aliphatic rings. The molecule has 1 aromatic carbocycles. The SMILES string of the molecule is CCCNC(C)C1(Cc2cc(F)ccc2Cl)CC1. The lowest BCUT2D eigenvalue weighted by Gasteiger charge is -2.25. The van der Waals surface area contributed by atoms with Gasteiger partial charge in [-0.1, -0.05) is 18.5 Å². The summed E-state index contributed by atoms with van der Waals surface area (Å²) in [5.41, 5.74) is 1.23. The van der Waals surface area contributed by atoms with E-state index in [1.807, 2.05) is 0 Å². The van der Waals surface area contributed by atoms with Crippen molar-refractivity contribution in [2.75, 3.05) is 6.54 Å². The van der Waals surface area contributed by atoms with Gasteiger partial charge in [0.15, 0.2) is 0 Å². The topological polar surface area (TPSA) is 12.0 Å². The van der Waals surface area contributed by atoms with Gasteiger partial charge in [0.1, 0.15) is 5.82 Å². The minimum atomic E-state index is -0.195. The van der Waals surface area contributed by atoms with E-state index in [0.717, 1.165) is 24.9 Å². The van der Waals surface area contributed by atoms with Crippen molar-refractivity contribution >= 4 is 11.6 Å². The van der Waals surface area contributed by atoms with Crippen LogP contribution < -0.4 is 5.32 Å². The first kappa shape index (κ1) is 13.8. The zero-order chi connectivity index (χ0) is 13.2. The first-order valence-corrected chi connectivity index (χ1v) is 7.12. The van der Waals surface area contributed by atoms with Gasteiger partial charge in [-0.25, -0.2) is 4.39 Å². The van der Waals surface area contributed by atoms with Crippen molar-refractivity contribution in [3.63, 3.8) is 0 Å². The molecule has 100 valence electrons. The van der Waals surface area contributed by atoms with Crippen LogP contribution >= 0.6 is 11.6 Å². The van der Waals surface area contributed by atoms with E-state index in [2.05, 4.69) is 19.2 Å². The van der Waals surface area contributed by atoms with Crippen molar-refractivity contribution < 1.29 is 4.39 Å². The Labute approximate surface area is 114 Å². The van der Waals surface area contributed by atoms with Crippen molar-refractivity contribution in [2.24, 2.45) is 5.41 Å². The molecule has 0 saturated heterocycles. The molecule has 0 spiro atoms. The normalized spacial score (nSPS) is 18.7. The summed E-state index contributed by atoms with van der Waals surface area (Å²) in [6.45, 7) is 5.44. The van der Waals surface area contributed by atoms with E-state index in [4.69, 9.17) is 11.6 Å². The monoisotopic (exact) mass is 269 g/mol. The Morgan fingerprint density at radius 2 is 2.17 bits per heavy atom. The van der Waals surface area contributed by atoms with Gasteiger partial charge in [-0.3, -0.25) is 0 Å². The maximum Gasteiger partial charge on any atom is 0.123 e. The summed E-state index contributed by atoms with van der Waals surface area (Å²) < 4.78 is 13.3. The molecule has 1 nitrogen and oxygen atoms in total. The summed E-state index contributed by atoms with van der Waals surface area (Å²) in [7, 11) is 0. The van der Waals surface area contributed by atoms with Gasteiger partial charge < -0.3 is 5.32 Å². The van der Waals surface area contributed by atoms with Gasteiger partial charge in [-0.05, 0) is 68.3 Å². The average Bonchev–Trinajstić information content (AvgIpc) is 3.12. The van der Waals surface area contributed by atoms with Gasteiger partial charge in [0.05, 0.1) is 0 Å². The Kier molecular flexibility index (Phi) is 4.29. The van der Waals surface area contributed by atoms with Gasteiger partial charge in [0, 0.05) is 11.1 Å². The van der Waals surface area contributed by atoms with Gasteiger partial charge in [-0.2, -0.15) is 0 Å². The van der Waals surface area contributed by atoms with Gasteiger partial charge in [0.2, 0.25) is 0 Å². The average molecular weight is 270 g/mol. The molecule has 1 atom stereocenters. The predicted molar refractivity (Wildman–Crippen MR) is 74.5 cm³/mol. The molecule has 2 rings (SSSR count). The van der Waals surface area contributed by atoms with Crippen LogP contribution in [0.5, 0.6) is 0 Å². The molecule has 0 radical (unpaired) electrons. The standard InChI is InChI=1S/C15H21ClFN/c1-3-8-18-11(2)15(6-7-15)10-12-9-13(17)4-5-14(12)16/h4-5,9,11,18H,3,6-8,10H2,1-2H3. The van der Waals surface area contributed by atoms with Crippen molar-refractivity contribution in [2.45, 2.75) is 45.6 Å². The molecule has 3 heteroatoms. The largest absolute Gasteiger partial charge is 0.314 e. The molecular weight excluding hydrogens is 249 g/mol. The molecule has 1 unspecified atom stereocenters. The van der Waals surface area contributed by atoms with E-state index in [1.54, 1.807) is 12.1 Å². The van der Waals surface area contributed by atoms with Crippen LogP contribution in [0, 0.1) is 11.2 Å². The van der Waals surface area contributed by atoms with E-state index in [9.17, 15) is 4.39 Å². The Hall–Kier alpha value is -0.600. The molecule has 18 heavy (non-hydrogen) atoms. The summed E-state index contributed by atoms with van der Waals surface area (Å²) in [6, 6.07) is 5.13. The number of rotatable bonds is 6.